The van der Waals surface area contributed by atoms with Crippen molar-refractivity contribution in [3.63, 3.8) is 0 Å². The van der Waals surface area contributed by atoms with E-state index in [1.807, 2.05) is 0 Å². The van der Waals surface area contributed by atoms with Crippen molar-refractivity contribution in [2.24, 2.45) is 11.1 Å². The van der Waals surface area contributed by atoms with E-state index < -0.39 is 46.2 Å². The fourth-order valence-corrected chi connectivity index (χ4v) is 4.35. The summed E-state index contributed by atoms with van der Waals surface area (Å²) in [5.41, 5.74) is 0.266. The van der Waals surface area contributed by atoms with E-state index in [-0.39, 0.29) is 48.7 Å². The van der Waals surface area contributed by atoms with Gasteiger partial charge in [-0.05, 0) is 37.0 Å². The van der Waals surface area contributed by atoms with Gasteiger partial charge in [-0.1, -0.05) is 0 Å². The van der Waals surface area contributed by atoms with Crippen LogP contribution in [0.3, 0.4) is 0 Å². The summed E-state index contributed by atoms with van der Waals surface area (Å²) in [6.45, 7) is -0.298. The Morgan fingerprint density at radius 2 is 2.06 bits per heavy atom. The van der Waals surface area contributed by atoms with Gasteiger partial charge in [0.05, 0.1) is 24.8 Å². The van der Waals surface area contributed by atoms with Gasteiger partial charge in [-0.25, -0.2) is 19.5 Å². The molecule has 36 heavy (non-hydrogen) atoms. The normalized spacial score (nSPS) is 20.5. The number of nitrogens with two attached hydrogens (primary N) is 1. The predicted octanol–water partition coefficient (Wildman–Crippen LogP) is 2.92. The number of ketones is 1. The second kappa shape index (κ2) is 9.99. The fraction of sp³-hybridized carbons (Fsp3) is 0.381. The van der Waals surface area contributed by atoms with Crippen LogP contribution in [0.1, 0.15) is 40.3 Å². The molecular weight excluding hydrogens is 510 g/mol. The largest absolute Gasteiger partial charge is 0.455 e. The van der Waals surface area contributed by atoms with Crippen molar-refractivity contribution in [2.75, 3.05) is 11.9 Å². The van der Waals surface area contributed by atoms with Crippen LogP contribution in [0, 0.1) is 5.92 Å². The maximum absolute atomic E-state index is 14.6. The Hall–Kier alpha value is -3.30. The molecule has 0 bridgehead atoms. The molecule has 4 rings (SSSR count). The lowest BCUT2D eigenvalue weighted by Gasteiger charge is -2.17. The average Bonchev–Trinajstić information content (AvgIpc) is 3.53. The molecule has 0 radical (unpaired) electrons. The summed E-state index contributed by atoms with van der Waals surface area (Å²) in [5.74, 6) is -1.88. The molecule has 0 aliphatic heterocycles. The van der Waals surface area contributed by atoms with Gasteiger partial charge in [-0.2, -0.15) is 21.6 Å². The van der Waals surface area contributed by atoms with E-state index in [0.29, 0.717) is 0 Å². The van der Waals surface area contributed by atoms with E-state index in [0.717, 1.165) is 6.07 Å². The number of alkyl halides is 4. The van der Waals surface area contributed by atoms with E-state index in [2.05, 4.69) is 19.5 Å². The quantitative estimate of drug-likeness (QED) is 0.317. The molecular formula is C21H21F4N5O5S. The molecule has 3 atom stereocenters. The molecule has 10 nitrogen and oxygen atoms in total. The molecule has 0 saturated heterocycles. The fourth-order valence-electron chi connectivity index (χ4n) is 3.97. The van der Waals surface area contributed by atoms with Gasteiger partial charge in [0.25, 0.3) is 0 Å². The van der Waals surface area contributed by atoms with Gasteiger partial charge in [0, 0.05) is 24.2 Å². The standard InChI is InChI=1S/C21H21F4N5O5S/c22-16-5-12(10-34-36(26,32)33)6-17(16)29-20-15(7-27-11-28-20)19(31)13-3-4-30(8-13)9-14-1-2-18(35-14)21(23,24)25/h1-4,7-8,11-12,16-17H,5-6,9-10H2,(H2,26,32,33)(H,27,28,29). The lowest BCUT2D eigenvalue weighted by atomic mass is 10.1. The molecule has 3 heterocycles. The van der Waals surface area contributed by atoms with Crippen LogP contribution in [0.5, 0.6) is 0 Å². The molecule has 0 amide bonds. The van der Waals surface area contributed by atoms with Crippen molar-refractivity contribution < 1.29 is 39.4 Å². The highest BCUT2D eigenvalue weighted by molar-refractivity contribution is 7.84. The van der Waals surface area contributed by atoms with E-state index in [1.165, 1.54) is 41.6 Å². The Labute approximate surface area is 202 Å². The van der Waals surface area contributed by atoms with Gasteiger partial charge in [0.2, 0.25) is 5.76 Å². The molecule has 0 aromatic carbocycles. The number of carbonyl (C=O) groups is 1. The number of hydrogen-bond acceptors (Lipinski definition) is 8. The van der Waals surface area contributed by atoms with Crippen LogP contribution in [0.4, 0.5) is 23.4 Å². The second-order valence-electron chi connectivity index (χ2n) is 8.33. The monoisotopic (exact) mass is 531 g/mol. The topological polar surface area (TPSA) is 142 Å². The number of nitrogens with one attached hydrogen (secondary N) is 1. The highest BCUT2D eigenvalue weighted by Gasteiger charge is 2.36. The number of nitrogens with zero attached hydrogens (tertiary/aromatic N) is 3. The zero-order chi connectivity index (χ0) is 26.1. The molecule has 0 spiro atoms. The maximum Gasteiger partial charge on any atom is 0.449 e. The molecule has 3 unspecified atom stereocenters. The highest BCUT2D eigenvalue weighted by Crippen LogP contribution is 2.32. The zero-order valence-corrected chi connectivity index (χ0v) is 19.3. The van der Waals surface area contributed by atoms with Crippen LogP contribution < -0.4 is 10.5 Å². The lowest BCUT2D eigenvalue weighted by molar-refractivity contribution is -0.153. The number of halogens is 4. The Morgan fingerprint density at radius 1 is 1.28 bits per heavy atom. The average molecular weight is 531 g/mol. The van der Waals surface area contributed by atoms with Crippen molar-refractivity contribution in [1.82, 2.24) is 14.5 Å². The van der Waals surface area contributed by atoms with E-state index in [1.54, 1.807) is 0 Å². The molecule has 3 N–H and O–H groups in total. The number of aromatic nitrogens is 3. The first-order valence-electron chi connectivity index (χ1n) is 10.6. The molecule has 3 aromatic heterocycles. The summed E-state index contributed by atoms with van der Waals surface area (Å²) < 4.78 is 85.6. The molecule has 1 saturated carbocycles. The molecule has 194 valence electrons. The highest BCUT2D eigenvalue weighted by atomic mass is 32.2. The van der Waals surface area contributed by atoms with Gasteiger partial charge in [-0.15, -0.1) is 0 Å². The summed E-state index contributed by atoms with van der Waals surface area (Å²) in [6, 6.07) is 2.75. The smallest absolute Gasteiger partial charge is 0.449 e. The number of hydrogen-bond donors (Lipinski definition) is 2. The Bertz CT molecular complexity index is 1340. The summed E-state index contributed by atoms with van der Waals surface area (Å²) in [7, 11) is -4.14. The molecule has 1 aliphatic rings. The summed E-state index contributed by atoms with van der Waals surface area (Å²) in [6.07, 6.45) is -0.313. The van der Waals surface area contributed by atoms with E-state index in [9.17, 15) is 30.8 Å². The van der Waals surface area contributed by atoms with Crippen molar-refractivity contribution in [3.8, 4) is 0 Å². The van der Waals surface area contributed by atoms with Crippen molar-refractivity contribution in [2.45, 2.75) is 37.8 Å². The van der Waals surface area contributed by atoms with Crippen molar-refractivity contribution in [3.05, 3.63) is 65.8 Å². The van der Waals surface area contributed by atoms with Gasteiger partial charge < -0.3 is 14.3 Å². The van der Waals surface area contributed by atoms with Crippen LogP contribution in [0.25, 0.3) is 0 Å². The van der Waals surface area contributed by atoms with Crippen LogP contribution in [0.15, 0.2) is 47.5 Å². The Balaban J connectivity index is 1.44. The first-order chi connectivity index (χ1) is 16.9. The molecule has 1 fully saturated rings. The molecule has 15 heteroatoms. The third-order valence-electron chi connectivity index (χ3n) is 5.62. The summed E-state index contributed by atoms with van der Waals surface area (Å²) in [5, 5.41) is 7.70. The van der Waals surface area contributed by atoms with Gasteiger partial charge in [-0.3, -0.25) is 8.98 Å². The second-order valence-corrected chi connectivity index (χ2v) is 9.55. The number of rotatable bonds is 9. The first-order valence-corrected chi connectivity index (χ1v) is 12.1. The summed E-state index contributed by atoms with van der Waals surface area (Å²) in [4.78, 5) is 21.0. The molecule has 3 aromatic rings. The minimum absolute atomic E-state index is 0.0344. The van der Waals surface area contributed by atoms with E-state index in [4.69, 9.17) is 9.56 Å². The number of furan rings is 1. The summed E-state index contributed by atoms with van der Waals surface area (Å²) >= 11 is 0. The minimum Gasteiger partial charge on any atom is -0.455 e. The van der Waals surface area contributed by atoms with E-state index >= 15 is 0 Å². The predicted molar refractivity (Wildman–Crippen MR) is 117 cm³/mol. The SMILES string of the molecule is NS(=O)(=O)OCC1CC(F)C(Nc2ncncc2C(=O)c2ccn(Cc3ccc(C(F)(F)F)o3)c2)C1. The van der Waals surface area contributed by atoms with Crippen LogP contribution in [-0.2, 0) is 27.2 Å². The Morgan fingerprint density at radius 3 is 2.75 bits per heavy atom. The third kappa shape index (κ3) is 6.27. The van der Waals surface area contributed by atoms with Crippen molar-refractivity contribution >= 4 is 21.9 Å². The van der Waals surface area contributed by atoms with Gasteiger partial charge in [0.1, 0.15) is 24.1 Å². The Kier molecular flexibility index (Phi) is 7.15. The number of carbonyl (C=O) groups excluding carboxylic acids is 1. The number of anilines is 1. The zero-order valence-electron chi connectivity index (χ0n) is 18.5. The third-order valence-corrected chi connectivity index (χ3v) is 6.09. The van der Waals surface area contributed by atoms with Crippen LogP contribution in [0.2, 0.25) is 0 Å². The maximum atomic E-state index is 14.6. The van der Waals surface area contributed by atoms with Gasteiger partial charge >= 0.3 is 16.5 Å². The van der Waals surface area contributed by atoms with Gasteiger partial charge in [0.15, 0.2) is 5.78 Å². The van der Waals surface area contributed by atoms with Crippen LogP contribution >= 0.6 is 0 Å². The minimum atomic E-state index is -4.60. The lowest BCUT2D eigenvalue weighted by Crippen LogP contribution is -2.27. The van der Waals surface area contributed by atoms with Crippen molar-refractivity contribution in [1.29, 1.82) is 0 Å². The molecule has 1 aliphatic carbocycles. The van der Waals surface area contributed by atoms with Crippen LogP contribution in [-0.4, -0.2) is 47.6 Å². The first kappa shape index (κ1) is 25.8.